The molecule has 0 unspecified atom stereocenters. The van der Waals surface area contributed by atoms with Crippen LogP contribution >= 0.6 is 23.1 Å². The van der Waals surface area contributed by atoms with Gasteiger partial charge in [-0.2, -0.15) is 0 Å². The summed E-state index contributed by atoms with van der Waals surface area (Å²) in [5, 5.41) is 5.46. The monoisotopic (exact) mass is 378 g/mol. The van der Waals surface area contributed by atoms with E-state index in [4.69, 9.17) is 0 Å². The first kappa shape index (κ1) is 18.6. The van der Waals surface area contributed by atoms with Crippen LogP contribution in [-0.2, 0) is 4.79 Å². The number of hydrogen-bond donors (Lipinski definition) is 1. The third kappa shape index (κ3) is 4.33. The summed E-state index contributed by atoms with van der Waals surface area (Å²) >= 11 is 3.24. The fourth-order valence-corrected chi connectivity index (χ4v) is 5.24. The molecule has 136 valence electrons. The Bertz CT molecular complexity index is 738. The van der Waals surface area contributed by atoms with Gasteiger partial charge in [-0.1, -0.05) is 18.7 Å². The summed E-state index contributed by atoms with van der Waals surface area (Å²) < 4.78 is 0. The van der Waals surface area contributed by atoms with Gasteiger partial charge in [-0.3, -0.25) is 4.79 Å². The first-order valence-corrected chi connectivity index (χ1v) is 10.7. The number of nitrogens with one attached hydrogen (secondary N) is 1. The molecule has 0 bridgehead atoms. The highest BCUT2D eigenvalue weighted by Gasteiger charge is 2.23. The highest BCUT2D eigenvalue weighted by Crippen LogP contribution is 2.34. The molecule has 1 saturated heterocycles. The standard InChI is InChI=1S/C18H26N4OS2/c1-4-19-9-14-5-7-22(8-6-14)15(23)10-24-17-16-12(2)13(3)25-18(16)21-11-20-17/h11,14,19H,4-10H2,1-3H3. The van der Waals surface area contributed by atoms with Crippen LogP contribution in [0, 0.1) is 19.8 Å². The van der Waals surface area contributed by atoms with E-state index < -0.39 is 0 Å². The molecule has 1 aliphatic heterocycles. The van der Waals surface area contributed by atoms with Gasteiger partial charge in [0.05, 0.1) is 5.75 Å². The number of nitrogens with zero attached hydrogens (tertiary/aromatic N) is 3. The largest absolute Gasteiger partial charge is 0.342 e. The summed E-state index contributed by atoms with van der Waals surface area (Å²) in [4.78, 5) is 25.7. The van der Waals surface area contributed by atoms with Gasteiger partial charge in [-0.15, -0.1) is 11.3 Å². The van der Waals surface area contributed by atoms with Crippen molar-refractivity contribution in [3.8, 4) is 0 Å². The summed E-state index contributed by atoms with van der Waals surface area (Å²) in [5.74, 6) is 1.39. The molecule has 5 nitrogen and oxygen atoms in total. The minimum absolute atomic E-state index is 0.225. The molecule has 25 heavy (non-hydrogen) atoms. The van der Waals surface area contributed by atoms with Gasteiger partial charge < -0.3 is 10.2 Å². The van der Waals surface area contributed by atoms with Crippen LogP contribution < -0.4 is 5.32 Å². The van der Waals surface area contributed by atoms with Gasteiger partial charge in [0.1, 0.15) is 16.2 Å². The zero-order valence-electron chi connectivity index (χ0n) is 15.2. The lowest BCUT2D eigenvalue weighted by atomic mass is 9.97. The second-order valence-corrected chi connectivity index (χ2v) is 8.73. The van der Waals surface area contributed by atoms with Crippen molar-refractivity contribution in [2.75, 3.05) is 31.9 Å². The van der Waals surface area contributed by atoms with E-state index >= 15 is 0 Å². The quantitative estimate of drug-likeness (QED) is 0.618. The number of rotatable bonds is 6. The third-order valence-corrected chi connectivity index (χ3v) is 7.00. The number of hydrogen-bond acceptors (Lipinski definition) is 6. The lowest BCUT2D eigenvalue weighted by Crippen LogP contribution is -2.41. The SMILES string of the molecule is CCNCC1CCN(C(=O)CSc2ncnc3sc(C)c(C)c23)CC1. The summed E-state index contributed by atoms with van der Waals surface area (Å²) in [6.07, 6.45) is 3.81. The van der Waals surface area contributed by atoms with Crippen LogP contribution in [0.25, 0.3) is 10.2 Å². The molecule has 2 aromatic heterocycles. The molecule has 1 amide bonds. The number of aromatic nitrogens is 2. The molecule has 3 heterocycles. The summed E-state index contributed by atoms with van der Waals surface area (Å²) in [7, 11) is 0. The second-order valence-electron chi connectivity index (χ2n) is 6.56. The van der Waals surface area contributed by atoms with Gasteiger partial charge in [0, 0.05) is 23.4 Å². The second kappa shape index (κ2) is 8.47. The molecule has 0 radical (unpaired) electrons. The van der Waals surface area contributed by atoms with E-state index in [9.17, 15) is 4.79 Å². The van der Waals surface area contributed by atoms with Gasteiger partial charge in [0.2, 0.25) is 5.91 Å². The summed E-state index contributed by atoms with van der Waals surface area (Å²) in [5.41, 5.74) is 1.24. The molecule has 2 aromatic rings. The van der Waals surface area contributed by atoms with Crippen molar-refractivity contribution in [3.63, 3.8) is 0 Å². The van der Waals surface area contributed by atoms with E-state index in [0.29, 0.717) is 11.7 Å². The van der Waals surface area contributed by atoms with Gasteiger partial charge in [-0.05, 0) is 51.3 Å². The Hall–Kier alpha value is -1.18. The van der Waals surface area contributed by atoms with Gasteiger partial charge in [0.25, 0.3) is 0 Å². The van der Waals surface area contributed by atoms with Gasteiger partial charge >= 0.3 is 0 Å². The number of thiophene rings is 1. The number of fused-ring (bicyclic) bond motifs is 1. The molecule has 0 atom stereocenters. The van der Waals surface area contributed by atoms with E-state index in [0.717, 1.165) is 54.3 Å². The molecule has 1 N–H and O–H groups in total. The van der Waals surface area contributed by atoms with Crippen LogP contribution in [-0.4, -0.2) is 52.7 Å². The molecule has 0 aromatic carbocycles. The molecule has 1 aliphatic rings. The molecular weight excluding hydrogens is 352 g/mol. The highest BCUT2D eigenvalue weighted by molar-refractivity contribution is 8.00. The number of carbonyl (C=O) groups is 1. The van der Waals surface area contributed by atoms with E-state index in [2.05, 4.69) is 36.1 Å². The molecule has 1 fully saturated rings. The fourth-order valence-electron chi connectivity index (χ4n) is 3.22. The van der Waals surface area contributed by atoms with Crippen molar-refractivity contribution in [3.05, 3.63) is 16.8 Å². The number of likely N-dealkylation sites (tertiary alicyclic amines) is 1. The number of aryl methyl sites for hydroxylation is 2. The minimum atomic E-state index is 0.225. The maximum Gasteiger partial charge on any atom is 0.232 e. The normalized spacial score (nSPS) is 15.9. The molecule has 0 aliphatic carbocycles. The molecular formula is C18H26N4OS2. The number of thioether (sulfide) groups is 1. The van der Waals surface area contributed by atoms with Gasteiger partial charge in [-0.25, -0.2) is 9.97 Å². The molecule has 3 rings (SSSR count). The Labute approximate surface area is 157 Å². The number of piperidine rings is 1. The Kier molecular flexibility index (Phi) is 6.30. The molecule has 7 heteroatoms. The molecule has 0 saturated carbocycles. The predicted molar refractivity (Wildman–Crippen MR) is 105 cm³/mol. The zero-order chi connectivity index (χ0) is 17.8. The van der Waals surface area contributed by atoms with Crippen molar-refractivity contribution in [1.82, 2.24) is 20.2 Å². The van der Waals surface area contributed by atoms with Crippen molar-refractivity contribution in [2.45, 2.75) is 38.6 Å². The Morgan fingerprint density at radius 1 is 1.36 bits per heavy atom. The van der Waals surface area contributed by atoms with E-state index in [1.807, 2.05) is 4.90 Å². The fraction of sp³-hybridized carbons (Fsp3) is 0.611. The Morgan fingerprint density at radius 3 is 2.84 bits per heavy atom. The highest BCUT2D eigenvalue weighted by atomic mass is 32.2. The van der Waals surface area contributed by atoms with E-state index in [1.54, 1.807) is 29.4 Å². The van der Waals surface area contributed by atoms with Crippen LogP contribution in [0.4, 0.5) is 0 Å². The lowest BCUT2D eigenvalue weighted by molar-refractivity contribution is -0.129. The first-order chi connectivity index (χ1) is 12.1. The first-order valence-electron chi connectivity index (χ1n) is 8.92. The van der Waals surface area contributed by atoms with Crippen LogP contribution in [0.15, 0.2) is 11.4 Å². The number of carbonyl (C=O) groups excluding carboxylic acids is 1. The smallest absolute Gasteiger partial charge is 0.232 e. The van der Waals surface area contributed by atoms with E-state index in [-0.39, 0.29) is 5.91 Å². The molecule has 0 spiro atoms. The van der Waals surface area contributed by atoms with Crippen LogP contribution in [0.5, 0.6) is 0 Å². The Morgan fingerprint density at radius 2 is 2.12 bits per heavy atom. The topological polar surface area (TPSA) is 58.1 Å². The Balaban J connectivity index is 1.57. The lowest BCUT2D eigenvalue weighted by Gasteiger charge is -2.32. The van der Waals surface area contributed by atoms with Crippen molar-refractivity contribution >= 4 is 39.2 Å². The maximum atomic E-state index is 12.6. The zero-order valence-corrected chi connectivity index (χ0v) is 16.8. The minimum Gasteiger partial charge on any atom is -0.342 e. The maximum absolute atomic E-state index is 12.6. The van der Waals surface area contributed by atoms with Crippen LogP contribution in [0.2, 0.25) is 0 Å². The van der Waals surface area contributed by atoms with E-state index in [1.165, 1.54) is 10.4 Å². The van der Waals surface area contributed by atoms with Crippen molar-refractivity contribution in [1.29, 1.82) is 0 Å². The van der Waals surface area contributed by atoms with Crippen LogP contribution in [0.3, 0.4) is 0 Å². The van der Waals surface area contributed by atoms with Gasteiger partial charge in [0.15, 0.2) is 0 Å². The summed E-state index contributed by atoms with van der Waals surface area (Å²) in [6.45, 7) is 10.2. The van der Waals surface area contributed by atoms with Crippen molar-refractivity contribution in [2.24, 2.45) is 5.92 Å². The van der Waals surface area contributed by atoms with Crippen molar-refractivity contribution < 1.29 is 4.79 Å². The third-order valence-electron chi connectivity index (χ3n) is 4.91. The average molecular weight is 379 g/mol. The predicted octanol–water partition coefficient (Wildman–Crippen LogP) is 3.25. The average Bonchev–Trinajstić information content (AvgIpc) is 2.93. The van der Waals surface area contributed by atoms with Crippen LogP contribution in [0.1, 0.15) is 30.2 Å². The summed E-state index contributed by atoms with van der Waals surface area (Å²) in [6, 6.07) is 0. The number of amides is 1.